The first kappa shape index (κ1) is 17.1. The topological polar surface area (TPSA) is 76.4 Å². The highest BCUT2D eigenvalue weighted by atomic mass is 16.5. The van der Waals surface area contributed by atoms with Gasteiger partial charge in [-0.1, -0.05) is 12.1 Å². The van der Waals surface area contributed by atoms with Crippen molar-refractivity contribution in [2.45, 2.75) is 49.8 Å². The largest absolute Gasteiger partial charge is 0.497 e. The Morgan fingerprint density at radius 3 is 2.92 bits per heavy atom. The number of benzene rings is 1. The molecule has 4 rings (SSSR count). The fourth-order valence-corrected chi connectivity index (χ4v) is 4.09. The molecule has 2 N–H and O–H groups in total. The fourth-order valence-electron chi connectivity index (χ4n) is 4.09. The second kappa shape index (κ2) is 6.76. The first-order valence-electron chi connectivity index (χ1n) is 9.22. The first-order chi connectivity index (χ1) is 12.6. The van der Waals surface area contributed by atoms with Crippen LogP contribution in [0.3, 0.4) is 0 Å². The summed E-state index contributed by atoms with van der Waals surface area (Å²) in [6.07, 6.45) is 6.34. The van der Waals surface area contributed by atoms with Gasteiger partial charge in [-0.25, -0.2) is 0 Å². The molecule has 0 radical (unpaired) electrons. The molecular weight excluding hydrogens is 330 g/mol. The van der Waals surface area contributed by atoms with Gasteiger partial charge in [0.2, 0.25) is 5.91 Å². The van der Waals surface area contributed by atoms with Crippen LogP contribution >= 0.6 is 0 Å². The van der Waals surface area contributed by atoms with Gasteiger partial charge in [-0.05, 0) is 55.4 Å². The van der Waals surface area contributed by atoms with Crippen molar-refractivity contribution in [1.82, 2.24) is 15.1 Å². The molecule has 2 aliphatic carbocycles. The second-order valence-electron chi connectivity index (χ2n) is 7.53. The van der Waals surface area contributed by atoms with E-state index in [1.54, 1.807) is 13.3 Å². The zero-order valence-electron chi connectivity index (χ0n) is 15.0. The van der Waals surface area contributed by atoms with Crippen molar-refractivity contribution in [3.63, 3.8) is 0 Å². The van der Waals surface area contributed by atoms with Gasteiger partial charge in [-0.15, -0.1) is 0 Å². The minimum Gasteiger partial charge on any atom is -0.497 e. The van der Waals surface area contributed by atoms with E-state index in [9.17, 15) is 9.90 Å². The van der Waals surface area contributed by atoms with E-state index in [1.807, 2.05) is 41.2 Å². The summed E-state index contributed by atoms with van der Waals surface area (Å²) in [7, 11) is 1.63. The third-order valence-electron chi connectivity index (χ3n) is 5.75. The van der Waals surface area contributed by atoms with Gasteiger partial charge in [-0.3, -0.25) is 9.48 Å². The molecule has 1 heterocycles. The van der Waals surface area contributed by atoms with Gasteiger partial charge in [0.1, 0.15) is 5.75 Å². The van der Waals surface area contributed by atoms with Crippen LogP contribution in [0.1, 0.15) is 31.2 Å². The van der Waals surface area contributed by atoms with Crippen LogP contribution in [-0.2, 0) is 16.8 Å². The number of carbonyl (C=O) groups is 1. The smallest absolute Gasteiger partial charge is 0.230 e. The standard InChI is InChI=1S/C20H25N3O3/c1-26-16-5-2-4-15(12-16)20(6-7-20)19(25)22-17-10-14(11-18(17)24)13-23-9-3-8-21-23/h2-5,8-9,12,14,17-18,24H,6-7,10-11,13H2,1H3,(H,22,25)/t14?,17-,18-/m1/s1. The van der Waals surface area contributed by atoms with Crippen LogP contribution < -0.4 is 10.1 Å². The Hall–Kier alpha value is -2.34. The Morgan fingerprint density at radius 2 is 2.23 bits per heavy atom. The minimum absolute atomic E-state index is 0.0227. The van der Waals surface area contributed by atoms with Crippen LogP contribution in [0.15, 0.2) is 42.7 Å². The van der Waals surface area contributed by atoms with Crippen LogP contribution in [0.5, 0.6) is 5.75 Å². The van der Waals surface area contributed by atoms with Crippen molar-refractivity contribution in [3.05, 3.63) is 48.3 Å². The number of aliphatic hydroxyl groups excluding tert-OH is 1. The summed E-state index contributed by atoms with van der Waals surface area (Å²) in [5.41, 5.74) is 0.531. The highest BCUT2D eigenvalue weighted by Gasteiger charge is 2.52. The van der Waals surface area contributed by atoms with E-state index in [0.717, 1.165) is 37.1 Å². The van der Waals surface area contributed by atoms with Crippen molar-refractivity contribution in [1.29, 1.82) is 0 Å². The van der Waals surface area contributed by atoms with Gasteiger partial charge in [-0.2, -0.15) is 5.10 Å². The Morgan fingerprint density at radius 1 is 1.38 bits per heavy atom. The van der Waals surface area contributed by atoms with E-state index in [1.165, 1.54) is 0 Å². The Labute approximate surface area is 153 Å². The van der Waals surface area contributed by atoms with Crippen LogP contribution in [0.2, 0.25) is 0 Å². The number of nitrogens with zero attached hydrogens (tertiary/aromatic N) is 2. The van der Waals surface area contributed by atoms with E-state index in [4.69, 9.17) is 4.74 Å². The van der Waals surface area contributed by atoms with Gasteiger partial charge in [0.15, 0.2) is 0 Å². The maximum Gasteiger partial charge on any atom is 0.230 e. The highest BCUT2D eigenvalue weighted by Crippen LogP contribution is 2.49. The van der Waals surface area contributed by atoms with Gasteiger partial charge < -0.3 is 15.2 Å². The normalized spacial score (nSPS) is 26.5. The molecule has 1 unspecified atom stereocenters. The SMILES string of the molecule is COc1cccc(C2(C(=O)N[C@@H]3CC(Cn4cccn4)C[C@H]3O)CC2)c1. The van der Waals surface area contributed by atoms with Crippen molar-refractivity contribution >= 4 is 5.91 Å². The third-order valence-corrected chi connectivity index (χ3v) is 5.75. The van der Waals surface area contributed by atoms with E-state index in [2.05, 4.69) is 10.4 Å². The summed E-state index contributed by atoms with van der Waals surface area (Å²) in [6, 6.07) is 9.45. The van der Waals surface area contributed by atoms with Crippen molar-refractivity contribution in [2.75, 3.05) is 7.11 Å². The first-order valence-corrected chi connectivity index (χ1v) is 9.22. The van der Waals surface area contributed by atoms with E-state index >= 15 is 0 Å². The van der Waals surface area contributed by atoms with Crippen LogP contribution in [0, 0.1) is 5.92 Å². The molecule has 1 aromatic heterocycles. The fraction of sp³-hybridized carbons (Fsp3) is 0.500. The van der Waals surface area contributed by atoms with Gasteiger partial charge in [0, 0.05) is 18.9 Å². The summed E-state index contributed by atoms with van der Waals surface area (Å²) in [4.78, 5) is 13.0. The lowest BCUT2D eigenvalue weighted by Crippen LogP contribution is -2.45. The molecule has 3 atom stereocenters. The molecular formula is C20H25N3O3. The Kier molecular flexibility index (Phi) is 4.44. The lowest BCUT2D eigenvalue weighted by molar-refractivity contribution is -0.125. The highest BCUT2D eigenvalue weighted by molar-refractivity contribution is 5.91. The average molecular weight is 355 g/mol. The van der Waals surface area contributed by atoms with Crippen LogP contribution in [-0.4, -0.2) is 40.0 Å². The average Bonchev–Trinajstić information content (AvgIpc) is 3.19. The molecule has 2 aromatic rings. The van der Waals surface area contributed by atoms with Crippen molar-refractivity contribution in [2.24, 2.45) is 5.92 Å². The summed E-state index contributed by atoms with van der Waals surface area (Å²) in [5, 5.41) is 17.8. The molecule has 138 valence electrons. The summed E-state index contributed by atoms with van der Waals surface area (Å²) in [5.74, 6) is 1.11. The molecule has 26 heavy (non-hydrogen) atoms. The predicted octanol–water partition coefficient (Wildman–Crippen LogP) is 1.88. The lowest BCUT2D eigenvalue weighted by Gasteiger charge is -2.22. The number of hydrogen-bond donors (Lipinski definition) is 2. The Balaban J connectivity index is 1.41. The molecule has 1 amide bonds. The van der Waals surface area contributed by atoms with Crippen molar-refractivity contribution < 1.29 is 14.6 Å². The quantitative estimate of drug-likeness (QED) is 0.830. The molecule has 2 aliphatic rings. The van der Waals surface area contributed by atoms with Gasteiger partial charge in [0.25, 0.3) is 0 Å². The molecule has 0 saturated heterocycles. The number of amides is 1. The monoisotopic (exact) mass is 355 g/mol. The predicted molar refractivity (Wildman–Crippen MR) is 96.8 cm³/mol. The van der Waals surface area contributed by atoms with E-state index in [-0.39, 0.29) is 11.9 Å². The third kappa shape index (κ3) is 3.21. The molecule has 0 bridgehead atoms. The van der Waals surface area contributed by atoms with Gasteiger partial charge >= 0.3 is 0 Å². The molecule has 6 heteroatoms. The molecule has 0 aliphatic heterocycles. The van der Waals surface area contributed by atoms with Crippen LogP contribution in [0.4, 0.5) is 0 Å². The maximum absolute atomic E-state index is 13.0. The second-order valence-corrected chi connectivity index (χ2v) is 7.53. The van der Waals surface area contributed by atoms with Crippen molar-refractivity contribution in [3.8, 4) is 5.75 Å². The Bertz CT molecular complexity index is 770. The number of hydrogen-bond acceptors (Lipinski definition) is 4. The zero-order valence-corrected chi connectivity index (χ0v) is 15.0. The van der Waals surface area contributed by atoms with E-state index < -0.39 is 11.5 Å². The summed E-state index contributed by atoms with van der Waals surface area (Å²) in [6.45, 7) is 0.775. The molecule has 2 fully saturated rings. The molecule has 0 spiro atoms. The zero-order chi connectivity index (χ0) is 18.1. The molecule has 2 saturated carbocycles. The number of nitrogens with one attached hydrogen (secondary N) is 1. The molecule has 6 nitrogen and oxygen atoms in total. The summed E-state index contributed by atoms with van der Waals surface area (Å²) < 4.78 is 7.18. The molecule has 1 aromatic carbocycles. The number of ether oxygens (including phenoxy) is 1. The van der Waals surface area contributed by atoms with Gasteiger partial charge in [0.05, 0.1) is 24.7 Å². The van der Waals surface area contributed by atoms with E-state index in [0.29, 0.717) is 12.3 Å². The number of aliphatic hydroxyl groups is 1. The maximum atomic E-state index is 13.0. The minimum atomic E-state index is -0.499. The number of methoxy groups -OCH3 is 1. The number of carbonyl (C=O) groups excluding carboxylic acids is 1. The number of rotatable bonds is 6. The number of aromatic nitrogens is 2. The summed E-state index contributed by atoms with van der Waals surface area (Å²) >= 11 is 0. The lowest BCUT2D eigenvalue weighted by atomic mass is 9.94. The van der Waals surface area contributed by atoms with Crippen LogP contribution in [0.25, 0.3) is 0 Å².